The first-order chi connectivity index (χ1) is 15.1. The first-order valence-corrected chi connectivity index (χ1v) is 10.8. The minimum absolute atomic E-state index is 0.00606. The first-order valence-electron chi connectivity index (χ1n) is 10.8. The van der Waals surface area contributed by atoms with E-state index < -0.39 is 0 Å². The van der Waals surface area contributed by atoms with E-state index in [1.165, 1.54) is 0 Å². The maximum absolute atomic E-state index is 12.9. The van der Waals surface area contributed by atoms with Gasteiger partial charge in [0.05, 0.1) is 11.0 Å². The summed E-state index contributed by atoms with van der Waals surface area (Å²) in [5.41, 5.74) is 15.4. The number of para-hydroxylation sites is 2. The van der Waals surface area contributed by atoms with Crippen LogP contribution < -0.4 is 11.5 Å². The fourth-order valence-electron chi connectivity index (χ4n) is 4.25. The van der Waals surface area contributed by atoms with Crippen LogP contribution in [-0.4, -0.2) is 34.0 Å². The van der Waals surface area contributed by atoms with Crippen LogP contribution in [0.1, 0.15) is 40.0 Å². The molecule has 6 heteroatoms. The lowest BCUT2D eigenvalue weighted by Crippen LogP contribution is -2.13. The van der Waals surface area contributed by atoms with Gasteiger partial charge < -0.3 is 11.5 Å². The number of carbonyl (C=O) groups is 2. The summed E-state index contributed by atoms with van der Waals surface area (Å²) in [5, 5.41) is 2.12. The second-order valence-corrected chi connectivity index (χ2v) is 7.80. The van der Waals surface area contributed by atoms with Crippen LogP contribution in [0.3, 0.4) is 0 Å². The summed E-state index contributed by atoms with van der Waals surface area (Å²) in [4.78, 5) is 25.8. The third kappa shape index (κ3) is 4.17. The van der Waals surface area contributed by atoms with Crippen molar-refractivity contribution in [3.05, 3.63) is 72.1 Å². The van der Waals surface area contributed by atoms with Crippen LogP contribution in [0, 0.1) is 0 Å². The van der Waals surface area contributed by atoms with E-state index in [1.54, 1.807) is 9.13 Å². The SMILES string of the molecule is NCCc1cn(C(=O)CCCC(=O)n2cc(CCN)c3ccccc32)c2ccccc12. The van der Waals surface area contributed by atoms with Crippen LogP contribution in [-0.2, 0) is 12.8 Å². The molecule has 4 N–H and O–H groups in total. The highest BCUT2D eigenvalue weighted by molar-refractivity contribution is 5.96. The summed E-state index contributed by atoms with van der Waals surface area (Å²) in [6.45, 7) is 1.07. The Morgan fingerprint density at radius 1 is 0.677 bits per heavy atom. The predicted molar refractivity (Wildman–Crippen MR) is 124 cm³/mol. The van der Waals surface area contributed by atoms with Crippen molar-refractivity contribution in [1.82, 2.24) is 9.13 Å². The number of benzene rings is 2. The topological polar surface area (TPSA) is 96.0 Å². The standard InChI is InChI=1S/C25H28N4O2/c26-14-12-18-16-28(22-8-3-1-6-20(18)22)24(30)10-5-11-25(31)29-17-19(13-15-27)21-7-2-4-9-23(21)29/h1-4,6-9,16-17H,5,10-15,26-27H2. The van der Waals surface area contributed by atoms with E-state index in [2.05, 4.69) is 0 Å². The molecule has 0 aliphatic rings. The quantitative estimate of drug-likeness (QED) is 0.457. The van der Waals surface area contributed by atoms with Gasteiger partial charge in [0.2, 0.25) is 11.8 Å². The van der Waals surface area contributed by atoms with E-state index in [4.69, 9.17) is 11.5 Å². The minimum Gasteiger partial charge on any atom is -0.330 e. The Kier molecular flexibility index (Phi) is 6.30. The summed E-state index contributed by atoms with van der Waals surface area (Å²) >= 11 is 0. The van der Waals surface area contributed by atoms with Gasteiger partial charge in [-0.2, -0.15) is 0 Å². The molecule has 0 saturated heterocycles. The lowest BCUT2D eigenvalue weighted by Gasteiger charge is -2.06. The Hall–Kier alpha value is -3.22. The Labute approximate surface area is 181 Å². The molecule has 4 aromatic rings. The Morgan fingerprint density at radius 3 is 1.52 bits per heavy atom. The van der Waals surface area contributed by atoms with Gasteiger partial charge in [-0.15, -0.1) is 0 Å². The smallest absolute Gasteiger partial charge is 0.231 e. The molecule has 0 spiro atoms. The number of fused-ring (bicyclic) bond motifs is 2. The fourth-order valence-corrected chi connectivity index (χ4v) is 4.25. The van der Waals surface area contributed by atoms with Gasteiger partial charge >= 0.3 is 0 Å². The van der Waals surface area contributed by atoms with E-state index in [0.29, 0.717) is 32.4 Å². The van der Waals surface area contributed by atoms with Crippen molar-refractivity contribution in [2.24, 2.45) is 11.5 Å². The van der Waals surface area contributed by atoms with Gasteiger partial charge in [-0.1, -0.05) is 36.4 Å². The molecule has 2 aromatic heterocycles. The molecular weight excluding hydrogens is 388 g/mol. The van der Waals surface area contributed by atoms with E-state index in [9.17, 15) is 9.59 Å². The summed E-state index contributed by atoms with van der Waals surface area (Å²) in [6.07, 6.45) is 6.34. The predicted octanol–water partition coefficient (Wildman–Crippen LogP) is 3.75. The molecule has 6 nitrogen and oxygen atoms in total. The Balaban J connectivity index is 1.47. The fraction of sp³-hybridized carbons (Fsp3) is 0.280. The zero-order valence-electron chi connectivity index (χ0n) is 17.6. The molecular formula is C25H28N4O2. The maximum Gasteiger partial charge on any atom is 0.231 e. The van der Waals surface area contributed by atoms with Crippen LogP contribution in [0.2, 0.25) is 0 Å². The summed E-state index contributed by atoms with van der Waals surface area (Å²) in [6, 6.07) is 15.7. The third-order valence-corrected chi connectivity index (χ3v) is 5.73. The molecule has 0 radical (unpaired) electrons. The lowest BCUT2D eigenvalue weighted by atomic mass is 10.1. The maximum atomic E-state index is 12.9. The van der Waals surface area contributed by atoms with E-state index in [0.717, 1.165) is 45.8 Å². The van der Waals surface area contributed by atoms with E-state index in [-0.39, 0.29) is 11.8 Å². The zero-order valence-corrected chi connectivity index (χ0v) is 17.6. The normalized spacial score (nSPS) is 11.4. The second-order valence-electron chi connectivity index (χ2n) is 7.80. The van der Waals surface area contributed by atoms with Crippen LogP contribution in [0.4, 0.5) is 0 Å². The van der Waals surface area contributed by atoms with Gasteiger partial charge in [0.25, 0.3) is 0 Å². The van der Waals surface area contributed by atoms with Gasteiger partial charge in [-0.05, 0) is 55.6 Å². The summed E-state index contributed by atoms with van der Waals surface area (Å²) in [5.74, 6) is -0.0121. The third-order valence-electron chi connectivity index (χ3n) is 5.73. The first kappa shape index (κ1) is 21.0. The Bertz CT molecular complexity index is 1140. The van der Waals surface area contributed by atoms with Crippen LogP contribution >= 0.6 is 0 Å². The van der Waals surface area contributed by atoms with Crippen LogP contribution in [0.5, 0.6) is 0 Å². The highest BCUT2D eigenvalue weighted by atomic mass is 16.2. The monoisotopic (exact) mass is 416 g/mol. The van der Waals surface area contributed by atoms with Gasteiger partial charge in [-0.3, -0.25) is 18.7 Å². The van der Waals surface area contributed by atoms with E-state index in [1.807, 2.05) is 60.9 Å². The number of carbonyl (C=O) groups excluding carboxylic acids is 2. The van der Waals surface area contributed by atoms with Gasteiger partial charge in [0, 0.05) is 36.0 Å². The molecule has 31 heavy (non-hydrogen) atoms. The van der Waals surface area contributed by atoms with Crippen molar-refractivity contribution in [2.75, 3.05) is 13.1 Å². The van der Waals surface area contributed by atoms with Crippen molar-refractivity contribution in [3.8, 4) is 0 Å². The molecule has 0 fully saturated rings. The van der Waals surface area contributed by atoms with Crippen molar-refractivity contribution >= 4 is 33.6 Å². The molecule has 2 heterocycles. The molecule has 0 aliphatic heterocycles. The molecule has 0 bridgehead atoms. The lowest BCUT2D eigenvalue weighted by molar-refractivity contribution is 0.0879. The summed E-state index contributed by atoms with van der Waals surface area (Å²) in [7, 11) is 0. The molecule has 0 aliphatic carbocycles. The highest BCUT2D eigenvalue weighted by Crippen LogP contribution is 2.24. The average Bonchev–Trinajstić information content (AvgIpc) is 3.34. The molecule has 160 valence electrons. The van der Waals surface area contributed by atoms with Crippen molar-refractivity contribution in [1.29, 1.82) is 0 Å². The van der Waals surface area contributed by atoms with Gasteiger partial charge in [0.1, 0.15) is 0 Å². The van der Waals surface area contributed by atoms with Crippen LogP contribution in [0.25, 0.3) is 21.8 Å². The number of rotatable bonds is 8. The summed E-state index contributed by atoms with van der Waals surface area (Å²) < 4.78 is 3.41. The van der Waals surface area contributed by atoms with Crippen molar-refractivity contribution < 1.29 is 9.59 Å². The molecule has 0 unspecified atom stereocenters. The zero-order chi connectivity index (χ0) is 21.8. The number of hydrogen-bond acceptors (Lipinski definition) is 4. The molecule has 0 amide bonds. The Morgan fingerprint density at radius 2 is 1.10 bits per heavy atom. The van der Waals surface area contributed by atoms with Gasteiger partial charge in [-0.25, -0.2) is 0 Å². The number of nitrogens with zero attached hydrogens (tertiary/aromatic N) is 2. The van der Waals surface area contributed by atoms with Gasteiger partial charge in [0.15, 0.2) is 0 Å². The number of nitrogens with two attached hydrogens (primary N) is 2. The van der Waals surface area contributed by atoms with E-state index >= 15 is 0 Å². The van der Waals surface area contributed by atoms with Crippen LogP contribution in [0.15, 0.2) is 60.9 Å². The van der Waals surface area contributed by atoms with Crippen molar-refractivity contribution in [2.45, 2.75) is 32.1 Å². The minimum atomic E-state index is -0.00606. The van der Waals surface area contributed by atoms with Crippen molar-refractivity contribution in [3.63, 3.8) is 0 Å². The number of aromatic nitrogens is 2. The molecule has 4 rings (SSSR count). The largest absolute Gasteiger partial charge is 0.330 e. The molecule has 0 atom stereocenters. The molecule has 2 aromatic carbocycles. The average molecular weight is 417 g/mol. The second kappa shape index (κ2) is 9.29. The molecule has 0 saturated carbocycles. The highest BCUT2D eigenvalue weighted by Gasteiger charge is 2.16. The number of hydrogen-bond donors (Lipinski definition) is 2.